The molecule has 0 bridgehead atoms. The first-order valence-electron chi connectivity index (χ1n) is 16.1. The van der Waals surface area contributed by atoms with E-state index >= 15 is 4.39 Å². The van der Waals surface area contributed by atoms with Crippen LogP contribution in [-0.2, 0) is 33.8 Å². The maximum absolute atomic E-state index is 15.4. The van der Waals surface area contributed by atoms with Crippen LogP contribution in [0.5, 0.6) is 0 Å². The molecular formula is C32H44FN7O5. The van der Waals surface area contributed by atoms with Crippen molar-refractivity contribution in [1.82, 2.24) is 30.9 Å². The lowest BCUT2D eigenvalue weighted by Gasteiger charge is -2.34. The van der Waals surface area contributed by atoms with E-state index in [2.05, 4.69) is 31.3 Å². The minimum atomic E-state index is -0.879. The van der Waals surface area contributed by atoms with Crippen LogP contribution < -0.4 is 21.3 Å². The highest BCUT2D eigenvalue weighted by molar-refractivity contribution is 6.01. The Bertz CT molecular complexity index is 1380. The van der Waals surface area contributed by atoms with Crippen LogP contribution in [-0.4, -0.2) is 90.4 Å². The van der Waals surface area contributed by atoms with Crippen LogP contribution in [0.25, 0.3) is 0 Å². The van der Waals surface area contributed by atoms with Crippen molar-refractivity contribution in [3.8, 4) is 0 Å². The van der Waals surface area contributed by atoms with Gasteiger partial charge >= 0.3 is 0 Å². The lowest BCUT2D eigenvalue weighted by molar-refractivity contribution is -0.137. The van der Waals surface area contributed by atoms with Crippen molar-refractivity contribution >= 4 is 29.3 Å². The van der Waals surface area contributed by atoms with E-state index in [0.717, 1.165) is 51.7 Å². The van der Waals surface area contributed by atoms with E-state index in [1.807, 2.05) is 7.05 Å². The van der Waals surface area contributed by atoms with Crippen molar-refractivity contribution < 1.29 is 28.1 Å². The van der Waals surface area contributed by atoms with Crippen molar-refractivity contribution in [2.75, 3.05) is 45.1 Å². The zero-order valence-corrected chi connectivity index (χ0v) is 26.1. The zero-order chi connectivity index (χ0) is 31.9. The summed E-state index contributed by atoms with van der Waals surface area (Å²) < 4.78 is 20.8. The zero-order valence-electron chi connectivity index (χ0n) is 26.1. The van der Waals surface area contributed by atoms with Gasteiger partial charge in [0.1, 0.15) is 23.7 Å². The van der Waals surface area contributed by atoms with Crippen LogP contribution in [0.3, 0.4) is 0 Å². The summed E-state index contributed by atoms with van der Waals surface area (Å²) in [4.78, 5) is 56.4. The number of hydrogen-bond donors (Lipinski definition) is 4. The minimum Gasteiger partial charge on any atom is -0.360 e. The summed E-state index contributed by atoms with van der Waals surface area (Å²) in [5.41, 5.74) is 1.34. The highest BCUT2D eigenvalue weighted by Gasteiger charge is 2.34. The molecule has 4 amide bonds. The summed E-state index contributed by atoms with van der Waals surface area (Å²) in [6.45, 7) is 5.51. The number of likely N-dealkylation sites (N-methyl/N-ethyl adjacent to an activating group) is 1. The molecule has 244 valence electrons. The van der Waals surface area contributed by atoms with Crippen LogP contribution in [0.2, 0.25) is 0 Å². The number of halogens is 1. The third-order valence-electron chi connectivity index (χ3n) is 9.11. The van der Waals surface area contributed by atoms with E-state index < -0.39 is 29.7 Å². The van der Waals surface area contributed by atoms with Gasteiger partial charge in [-0.2, -0.15) is 0 Å². The van der Waals surface area contributed by atoms with E-state index in [4.69, 9.17) is 4.52 Å². The molecule has 3 heterocycles. The third-order valence-corrected chi connectivity index (χ3v) is 9.11. The second kappa shape index (κ2) is 15.0. The molecular weight excluding hydrogens is 581 g/mol. The van der Waals surface area contributed by atoms with Gasteiger partial charge < -0.3 is 35.6 Å². The first-order valence-corrected chi connectivity index (χ1v) is 16.1. The van der Waals surface area contributed by atoms with Crippen molar-refractivity contribution in [2.45, 2.75) is 76.9 Å². The predicted molar refractivity (Wildman–Crippen MR) is 165 cm³/mol. The van der Waals surface area contributed by atoms with Crippen molar-refractivity contribution in [2.24, 2.45) is 5.92 Å². The summed E-state index contributed by atoms with van der Waals surface area (Å²) in [5.74, 6) is -1.55. The summed E-state index contributed by atoms with van der Waals surface area (Å²) in [6, 6.07) is 2.67. The maximum atomic E-state index is 15.4. The molecule has 0 unspecified atom stereocenters. The van der Waals surface area contributed by atoms with E-state index in [0.29, 0.717) is 42.9 Å². The molecule has 2 atom stereocenters. The molecule has 2 fully saturated rings. The summed E-state index contributed by atoms with van der Waals surface area (Å²) >= 11 is 0. The molecule has 1 saturated heterocycles. The van der Waals surface area contributed by atoms with E-state index in [1.54, 1.807) is 17.9 Å². The molecule has 2 aromatic rings. The summed E-state index contributed by atoms with van der Waals surface area (Å²) in [5, 5.41) is 15.6. The Balaban J connectivity index is 1.28. The number of carbonyl (C=O) groups excluding carboxylic acids is 4. The number of nitrogens with one attached hydrogen (secondary N) is 4. The van der Waals surface area contributed by atoms with Crippen LogP contribution in [0.15, 0.2) is 22.7 Å². The molecule has 0 radical (unpaired) electrons. The Morgan fingerprint density at radius 3 is 2.56 bits per heavy atom. The van der Waals surface area contributed by atoms with Crippen LogP contribution in [0.4, 0.5) is 10.1 Å². The Morgan fingerprint density at radius 1 is 1.09 bits per heavy atom. The largest absolute Gasteiger partial charge is 0.360 e. The first-order chi connectivity index (χ1) is 21.7. The van der Waals surface area contributed by atoms with Gasteiger partial charge in [-0.25, -0.2) is 4.39 Å². The highest BCUT2D eigenvalue weighted by Crippen LogP contribution is 2.28. The Labute approximate surface area is 262 Å². The topological polar surface area (TPSA) is 149 Å². The monoisotopic (exact) mass is 625 g/mol. The number of rotatable bonds is 10. The lowest BCUT2D eigenvalue weighted by Crippen LogP contribution is -2.54. The van der Waals surface area contributed by atoms with Crippen molar-refractivity contribution in [3.05, 3.63) is 46.6 Å². The predicted octanol–water partition coefficient (Wildman–Crippen LogP) is 1.99. The van der Waals surface area contributed by atoms with Gasteiger partial charge in [0.05, 0.1) is 5.69 Å². The van der Waals surface area contributed by atoms with E-state index in [-0.39, 0.29) is 42.0 Å². The molecule has 1 aromatic carbocycles. The fourth-order valence-electron chi connectivity index (χ4n) is 6.37. The number of amides is 4. The molecule has 1 aliphatic carbocycles. The molecule has 12 nitrogen and oxygen atoms in total. The molecule has 3 aliphatic rings. The van der Waals surface area contributed by atoms with E-state index in [1.165, 1.54) is 12.1 Å². The average molecular weight is 626 g/mol. The molecule has 5 rings (SSSR count). The SMILES string of the molecule is CCC(=O)N[C@H](Cc1ccc(NC(=O)[C@@H](NC(=O)c2noc3c2CNCC3)C2CCCCC2)c(F)c1)C(=O)N1CCN(C)CC1. The number of piperazine rings is 1. The summed E-state index contributed by atoms with van der Waals surface area (Å²) in [6.07, 6.45) is 5.45. The van der Waals surface area contributed by atoms with Gasteiger partial charge in [-0.15, -0.1) is 0 Å². The number of hydrogen-bond acceptors (Lipinski definition) is 8. The van der Waals surface area contributed by atoms with Crippen LogP contribution >= 0.6 is 0 Å². The number of fused-ring (bicyclic) bond motifs is 1. The quantitative estimate of drug-likeness (QED) is 0.313. The standard InChI is InChI=1S/C32H44FN7O5/c1-3-27(41)35-25(32(44)40-15-13-39(2)14-16-40)18-20-9-10-24(23(33)17-20)36-30(42)28(21-7-5-4-6-8-21)37-31(43)29-22-19-34-12-11-26(22)45-38-29/h9-10,17,21,25,28,34H,3-8,11-16,18-19H2,1-2H3,(H,35,41)(H,36,42)(H,37,43)/t25-,28+/m1/s1. The van der Waals surface area contributed by atoms with Gasteiger partial charge in [0.15, 0.2) is 5.69 Å². The van der Waals surface area contributed by atoms with Gasteiger partial charge in [0, 0.05) is 64.1 Å². The minimum absolute atomic E-state index is 0.0265. The Morgan fingerprint density at radius 2 is 1.84 bits per heavy atom. The summed E-state index contributed by atoms with van der Waals surface area (Å²) in [7, 11) is 1.99. The molecule has 0 spiro atoms. The molecule has 1 aromatic heterocycles. The number of anilines is 1. The Hall–Kier alpha value is -3.84. The fraction of sp³-hybridized carbons (Fsp3) is 0.594. The van der Waals surface area contributed by atoms with Crippen LogP contribution in [0.1, 0.15) is 72.8 Å². The van der Waals surface area contributed by atoms with Crippen LogP contribution in [0, 0.1) is 11.7 Å². The molecule has 4 N–H and O–H groups in total. The van der Waals surface area contributed by atoms with Gasteiger partial charge in [-0.1, -0.05) is 37.4 Å². The Kier molecular flexibility index (Phi) is 10.8. The van der Waals surface area contributed by atoms with E-state index in [9.17, 15) is 19.2 Å². The maximum Gasteiger partial charge on any atom is 0.274 e. The number of benzene rings is 1. The first kappa shape index (κ1) is 32.6. The van der Waals surface area contributed by atoms with Gasteiger partial charge in [0.2, 0.25) is 17.7 Å². The second-order valence-corrected chi connectivity index (χ2v) is 12.3. The molecule has 13 heteroatoms. The van der Waals surface area contributed by atoms with Crippen molar-refractivity contribution in [3.63, 3.8) is 0 Å². The molecule has 2 aliphatic heterocycles. The third kappa shape index (κ3) is 8.06. The number of nitrogens with zero attached hydrogens (tertiary/aromatic N) is 3. The average Bonchev–Trinajstić information content (AvgIpc) is 3.49. The van der Waals surface area contributed by atoms with Gasteiger partial charge in [-0.3, -0.25) is 19.2 Å². The van der Waals surface area contributed by atoms with Gasteiger partial charge in [-0.05, 0) is 43.5 Å². The molecule has 1 saturated carbocycles. The fourth-order valence-corrected chi connectivity index (χ4v) is 6.37. The number of aromatic nitrogens is 1. The van der Waals surface area contributed by atoms with Crippen molar-refractivity contribution in [1.29, 1.82) is 0 Å². The second-order valence-electron chi connectivity index (χ2n) is 12.3. The normalized spacial score (nSPS) is 18.9. The smallest absolute Gasteiger partial charge is 0.274 e. The lowest BCUT2D eigenvalue weighted by atomic mass is 9.83. The highest BCUT2D eigenvalue weighted by atomic mass is 19.1. The van der Waals surface area contributed by atoms with Gasteiger partial charge in [0.25, 0.3) is 5.91 Å². The number of carbonyl (C=O) groups is 4. The molecule has 45 heavy (non-hydrogen) atoms.